The molecule has 210 valence electrons. The van der Waals surface area contributed by atoms with Crippen molar-refractivity contribution in [3.05, 3.63) is 120 Å². The number of thioether (sulfide) groups is 1. The second-order valence-corrected chi connectivity index (χ2v) is 10.9. The smallest absolute Gasteiger partial charge is 0.338 e. The predicted octanol–water partition coefficient (Wildman–Crippen LogP) is 5.17. The molecule has 0 saturated carbocycles. The van der Waals surface area contributed by atoms with Crippen LogP contribution in [0.15, 0.2) is 104 Å². The number of carbonyl (C=O) groups is 3. The van der Waals surface area contributed by atoms with Crippen molar-refractivity contribution in [3.63, 3.8) is 0 Å². The van der Waals surface area contributed by atoms with E-state index >= 15 is 0 Å². The van der Waals surface area contributed by atoms with Crippen molar-refractivity contribution >= 4 is 46.6 Å². The number of amides is 1. The summed E-state index contributed by atoms with van der Waals surface area (Å²) in [5.74, 6) is -0.933. The van der Waals surface area contributed by atoms with E-state index in [-0.39, 0.29) is 23.6 Å². The van der Waals surface area contributed by atoms with Gasteiger partial charge < -0.3 is 14.8 Å². The van der Waals surface area contributed by atoms with Gasteiger partial charge in [0.05, 0.1) is 17.5 Å². The van der Waals surface area contributed by atoms with E-state index in [4.69, 9.17) is 9.47 Å². The standard InChI is InChI=1S/C31H25N5O5S/c37-28(20-10-4-1-5-11-20)35-26-25-27(33-18-32-26)36(19-34-25)29-24(41-31(39)22-14-8-3-9-15-22)16-23(42-29)17-40-30(38)21-12-6-2-7-13-21/h1-15,18-19,23-24,29H,16-17H2,(H,32,33,35,37)/t23-,24+,29+/m0/s1. The Bertz CT molecular complexity index is 1720. The van der Waals surface area contributed by atoms with Gasteiger partial charge in [0.1, 0.15) is 24.4 Å². The third kappa shape index (κ3) is 5.86. The van der Waals surface area contributed by atoms with E-state index in [1.54, 1.807) is 79.1 Å². The Balaban J connectivity index is 1.25. The van der Waals surface area contributed by atoms with E-state index < -0.39 is 23.4 Å². The lowest BCUT2D eigenvalue weighted by atomic mass is 10.2. The molecule has 1 aliphatic rings. The van der Waals surface area contributed by atoms with Crippen molar-refractivity contribution in [2.75, 3.05) is 11.9 Å². The van der Waals surface area contributed by atoms with Gasteiger partial charge >= 0.3 is 11.9 Å². The third-order valence-corrected chi connectivity index (χ3v) is 8.25. The zero-order chi connectivity index (χ0) is 28.9. The maximum Gasteiger partial charge on any atom is 0.338 e. The Morgan fingerprint density at radius 2 is 1.43 bits per heavy atom. The lowest BCUT2D eigenvalue weighted by molar-refractivity contribution is 0.0232. The zero-order valence-electron chi connectivity index (χ0n) is 22.2. The topological polar surface area (TPSA) is 125 Å². The maximum atomic E-state index is 13.0. The summed E-state index contributed by atoms with van der Waals surface area (Å²) in [6.07, 6.45) is 2.82. The number of aromatic nitrogens is 4. The van der Waals surface area contributed by atoms with Crippen LogP contribution < -0.4 is 5.32 Å². The lowest BCUT2D eigenvalue weighted by Crippen LogP contribution is -2.24. The van der Waals surface area contributed by atoms with Crippen molar-refractivity contribution in [2.45, 2.75) is 23.1 Å². The highest BCUT2D eigenvalue weighted by Gasteiger charge is 2.40. The van der Waals surface area contributed by atoms with E-state index in [0.717, 1.165) is 0 Å². The average molecular weight is 580 g/mol. The monoisotopic (exact) mass is 579 g/mol. The van der Waals surface area contributed by atoms with E-state index in [1.807, 2.05) is 22.8 Å². The minimum atomic E-state index is -0.571. The Kier molecular flexibility index (Phi) is 7.91. The molecule has 0 spiro atoms. The lowest BCUT2D eigenvalue weighted by Gasteiger charge is -2.20. The molecule has 1 aliphatic heterocycles. The molecule has 1 fully saturated rings. The molecule has 2 aromatic heterocycles. The van der Waals surface area contributed by atoms with Gasteiger partial charge in [-0.25, -0.2) is 24.5 Å². The van der Waals surface area contributed by atoms with Gasteiger partial charge in [-0.3, -0.25) is 9.36 Å². The highest BCUT2D eigenvalue weighted by atomic mass is 32.2. The van der Waals surface area contributed by atoms with E-state index in [1.165, 1.54) is 18.1 Å². The summed E-state index contributed by atoms with van der Waals surface area (Å²) in [5.41, 5.74) is 2.24. The molecule has 0 radical (unpaired) electrons. The number of rotatable bonds is 8. The Morgan fingerprint density at radius 3 is 2.10 bits per heavy atom. The maximum absolute atomic E-state index is 13.0. The number of nitrogens with zero attached hydrogens (tertiary/aromatic N) is 4. The number of fused-ring (bicyclic) bond motifs is 1. The highest BCUT2D eigenvalue weighted by Crippen LogP contribution is 2.45. The first-order chi connectivity index (χ1) is 20.6. The first-order valence-electron chi connectivity index (χ1n) is 13.2. The Morgan fingerprint density at radius 1 is 0.810 bits per heavy atom. The summed E-state index contributed by atoms with van der Waals surface area (Å²) in [5, 5.41) is 2.23. The van der Waals surface area contributed by atoms with Crippen molar-refractivity contribution < 1.29 is 23.9 Å². The molecule has 1 amide bonds. The molecule has 3 aromatic carbocycles. The number of carbonyl (C=O) groups excluding carboxylic acids is 3. The molecular formula is C31H25N5O5S. The molecule has 10 nitrogen and oxygen atoms in total. The fourth-order valence-electron chi connectivity index (χ4n) is 4.68. The zero-order valence-corrected chi connectivity index (χ0v) is 23.0. The number of imidazole rings is 1. The number of benzene rings is 3. The summed E-state index contributed by atoms with van der Waals surface area (Å²) in [6.45, 7) is 0.133. The van der Waals surface area contributed by atoms with Crippen molar-refractivity contribution in [1.82, 2.24) is 19.5 Å². The largest absolute Gasteiger partial charge is 0.461 e. The van der Waals surface area contributed by atoms with E-state index in [9.17, 15) is 14.4 Å². The van der Waals surface area contributed by atoms with Crippen LogP contribution in [0.5, 0.6) is 0 Å². The number of anilines is 1. The molecular weight excluding hydrogens is 554 g/mol. The second-order valence-electron chi connectivity index (χ2n) is 9.53. The van der Waals surface area contributed by atoms with Crippen LogP contribution in [0.4, 0.5) is 5.82 Å². The van der Waals surface area contributed by atoms with Crippen molar-refractivity contribution in [3.8, 4) is 0 Å². The molecule has 0 aliphatic carbocycles. The quantitative estimate of drug-likeness (QED) is 0.248. The summed E-state index contributed by atoms with van der Waals surface area (Å²) in [4.78, 5) is 51.6. The minimum absolute atomic E-state index is 0.133. The second kappa shape index (κ2) is 12.2. The molecule has 0 unspecified atom stereocenters. The first kappa shape index (κ1) is 27.2. The van der Waals surface area contributed by atoms with Gasteiger partial charge in [0.25, 0.3) is 5.91 Å². The van der Waals surface area contributed by atoms with Crippen LogP contribution in [0.25, 0.3) is 11.2 Å². The summed E-state index contributed by atoms with van der Waals surface area (Å²) >= 11 is 1.50. The first-order valence-corrected chi connectivity index (χ1v) is 14.2. The van der Waals surface area contributed by atoms with Crippen molar-refractivity contribution in [1.29, 1.82) is 0 Å². The molecule has 1 saturated heterocycles. The SMILES string of the molecule is O=C(Nc1ncnc2c1ncn2[C@@H]1S[C@H](COC(=O)c2ccccc2)C[C@H]1OC(=O)c1ccccc1)c1ccccc1. The molecule has 1 N–H and O–H groups in total. The average Bonchev–Trinajstić information content (AvgIpc) is 3.65. The van der Waals surface area contributed by atoms with Crippen LogP contribution >= 0.6 is 11.8 Å². The Hall–Kier alpha value is -5.03. The van der Waals surface area contributed by atoms with Gasteiger partial charge in [-0.2, -0.15) is 0 Å². The number of hydrogen-bond acceptors (Lipinski definition) is 9. The fourth-order valence-corrected chi connectivity index (χ4v) is 6.15. The van der Waals surface area contributed by atoms with Gasteiger partial charge in [0.2, 0.25) is 0 Å². The van der Waals surface area contributed by atoms with Crippen LogP contribution in [0.2, 0.25) is 0 Å². The minimum Gasteiger partial charge on any atom is -0.461 e. The van der Waals surface area contributed by atoms with Crippen LogP contribution in [-0.4, -0.2) is 55.3 Å². The predicted molar refractivity (Wildman–Crippen MR) is 157 cm³/mol. The van der Waals surface area contributed by atoms with Gasteiger partial charge in [-0.15, -0.1) is 11.8 Å². The number of nitrogens with one attached hydrogen (secondary N) is 1. The molecule has 0 bridgehead atoms. The normalized spacial score (nSPS) is 18.0. The fraction of sp³-hybridized carbons (Fsp3) is 0.161. The number of hydrogen-bond donors (Lipinski definition) is 1. The van der Waals surface area contributed by atoms with E-state index in [2.05, 4.69) is 20.3 Å². The summed E-state index contributed by atoms with van der Waals surface area (Å²) in [6, 6.07) is 26.3. The van der Waals surface area contributed by atoms with Crippen molar-refractivity contribution in [2.24, 2.45) is 0 Å². The highest BCUT2D eigenvalue weighted by molar-refractivity contribution is 8.00. The summed E-state index contributed by atoms with van der Waals surface area (Å²) < 4.78 is 13.4. The molecule has 3 atom stereocenters. The van der Waals surface area contributed by atoms with Crippen LogP contribution in [-0.2, 0) is 9.47 Å². The van der Waals surface area contributed by atoms with Gasteiger partial charge in [0.15, 0.2) is 17.0 Å². The van der Waals surface area contributed by atoms with E-state index in [0.29, 0.717) is 34.3 Å². The van der Waals surface area contributed by atoms with Crippen LogP contribution in [0.1, 0.15) is 42.9 Å². The van der Waals surface area contributed by atoms with Crippen LogP contribution in [0, 0.1) is 0 Å². The summed E-state index contributed by atoms with van der Waals surface area (Å²) in [7, 11) is 0. The van der Waals surface area contributed by atoms with Gasteiger partial charge in [0, 0.05) is 17.2 Å². The van der Waals surface area contributed by atoms with Crippen LogP contribution in [0.3, 0.4) is 0 Å². The number of esters is 2. The van der Waals surface area contributed by atoms with Gasteiger partial charge in [-0.05, 0) is 36.4 Å². The van der Waals surface area contributed by atoms with Gasteiger partial charge in [-0.1, -0.05) is 54.6 Å². The molecule has 42 heavy (non-hydrogen) atoms. The molecule has 6 rings (SSSR count). The third-order valence-electron chi connectivity index (χ3n) is 6.72. The molecule has 5 aromatic rings. The molecule has 11 heteroatoms. The Labute approximate surface area is 245 Å². The molecule has 3 heterocycles. The number of ether oxygens (including phenoxy) is 2.